The van der Waals surface area contributed by atoms with Gasteiger partial charge in [0.05, 0.1) is 4.92 Å². The highest BCUT2D eigenvalue weighted by molar-refractivity contribution is 6.09. The highest BCUT2D eigenvalue weighted by Gasteiger charge is 2.55. The van der Waals surface area contributed by atoms with Gasteiger partial charge in [0.1, 0.15) is 24.1 Å². The minimum atomic E-state index is -1.08. The fourth-order valence-electron chi connectivity index (χ4n) is 4.83. The number of urea groups is 1. The maximum Gasteiger partial charge on any atom is 0.325 e. The van der Waals surface area contributed by atoms with Gasteiger partial charge in [-0.2, -0.15) is 0 Å². The zero-order valence-corrected chi connectivity index (χ0v) is 17.8. The number of carbonyl (C=O) groups excluding carboxylic acids is 3. The molecule has 1 aromatic carbocycles. The molecule has 5 rings (SSSR count). The molecule has 0 radical (unpaired) electrons. The van der Waals surface area contributed by atoms with E-state index >= 15 is 0 Å². The molecule has 170 valence electrons. The first-order chi connectivity index (χ1) is 15.9. The topological polar surface area (TPSA) is 129 Å². The summed E-state index contributed by atoms with van der Waals surface area (Å²) in [7, 11) is 0. The second-order valence-electron chi connectivity index (χ2n) is 8.38. The van der Waals surface area contributed by atoms with E-state index in [1.54, 1.807) is 11.0 Å². The van der Waals surface area contributed by atoms with E-state index in [1.165, 1.54) is 12.3 Å². The van der Waals surface area contributed by atoms with E-state index in [4.69, 9.17) is 0 Å². The van der Waals surface area contributed by atoms with E-state index in [1.807, 2.05) is 29.2 Å². The quantitative estimate of drug-likeness (QED) is 0.418. The molecule has 1 atom stereocenters. The molecule has 0 bridgehead atoms. The van der Waals surface area contributed by atoms with Crippen molar-refractivity contribution in [2.75, 3.05) is 37.6 Å². The molecule has 1 aromatic heterocycles. The van der Waals surface area contributed by atoms with Crippen molar-refractivity contribution in [2.45, 2.75) is 18.4 Å². The Morgan fingerprint density at radius 3 is 2.58 bits per heavy atom. The molecule has 3 heterocycles. The van der Waals surface area contributed by atoms with E-state index < -0.39 is 16.5 Å². The van der Waals surface area contributed by atoms with E-state index in [9.17, 15) is 24.5 Å². The third kappa shape index (κ3) is 3.45. The van der Waals surface area contributed by atoms with Gasteiger partial charge in [-0.05, 0) is 30.0 Å². The van der Waals surface area contributed by atoms with Gasteiger partial charge in [-0.1, -0.05) is 24.3 Å². The molecule has 2 fully saturated rings. The molecule has 11 nitrogen and oxygen atoms in total. The summed E-state index contributed by atoms with van der Waals surface area (Å²) in [5.74, 6) is -0.0682. The highest BCUT2D eigenvalue weighted by Crippen LogP contribution is 2.41. The summed E-state index contributed by atoms with van der Waals surface area (Å²) in [5, 5.41) is 13.6. The number of nitrogens with zero attached hydrogens (tertiary/aromatic N) is 5. The number of fused-ring (bicyclic) bond motifs is 2. The summed E-state index contributed by atoms with van der Waals surface area (Å²) < 4.78 is 0. The SMILES string of the molecule is O=C(CN1C(=O)NC2(CCc3ccccc32)C1=O)N1CCN(c2ccc([N+](=O)[O-])cn2)CC1. The van der Waals surface area contributed by atoms with Crippen molar-refractivity contribution in [1.29, 1.82) is 0 Å². The first-order valence-corrected chi connectivity index (χ1v) is 10.7. The van der Waals surface area contributed by atoms with Gasteiger partial charge < -0.3 is 15.1 Å². The van der Waals surface area contributed by atoms with Gasteiger partial charge in [-0.3, -0.25) is 24.6 Å². The van der Waals surface area contributed by atoms with Crippen LogP contribution in [0.3, 0.4) is 0 Å². The van der Waals surface area contributed by atoms with Gasteiger partial charge in [0.2, 0.25) is 5.91 Å². The van der Waals surface area contributed by atoms with Gasteiger partial charge in [0.15, 0.2) is 0 Å². The van der Waals surface area contributed by atoms with Crippen molar-refractivity contribution in [3.8, 4) is 0 Å². The van der Waals surface area contributed by atoms with Crippen LogP contribution in [0, 0.1) is 10.1 Å². The first-order valence-electron chi connectivity index (χ1n) is 10.7. The highest BCUT2D eigenvalue weighted by atomic mass is 16.6. The van der Waals surface area contributed by atoms with Crippen LogP contribution in [0.1, 0.15) is 17.5 Å². The molecule has 33 heavy (non-hydrogen) atoms. The van der Waals surface area contributed by atoms with Crippen LogP contribution < -0.4 is 10.2 Å². The van der Waals surface area contributed by atoms with Crippen molar-refractivity contribution in [2.24, 2.45) is 0 Å². The molecule has 4 amide bonds. The zero-order chi connectivity index (χ0) is 23.2. The molecule has 1 unspecified atom stereocenters. The largest absolute Gasteiger partial charge is 0.353 e. The number of nitrogens with one attached hydrogen (secondary N) is 1. The predicted molar refractivity (Wildman–Crippen MR) is 116 cm³/mol. The smallest absolute Gasteiger partial charge is 0.325 e. The number of hydrogen-bond donors (Lipinski definition) is 1. The number of aromatic nitrogens is 1. The summed E-state index contributed by atoms with van der Waals surface area (Å²) in [6, 6.07) is 10.0. The Kier molecular flexibility index (Phi) is 4.95. The van der Waals surface area contributed by atoms with Gasteiger partial charge in [-0.15, -0.1) is 0 Å². The molecular formula is C22H22N6O5. The second-order valence-corrected chi connectivity index (χ2v) is 8.38. The predicted octanol–water partition coefficient (Wildman–Crippen LogP) is 1.03. The Labute approximate surface area is 189 Å². The number of amides is 4. The molecule has 1 N–H and O–H groups in total. The number of rotatable bonds is 4. The van der Waals surface area contributed by atoms with E-state index in [0.717, 1.165) is 16.0 Å². The van der Waals surface area contributed by atoms with Crippen LogP contribution in [-0.2, 0) is 21.5 Å². The number of pyridine rings is 1. The normalized spacial score (nSPS) is 22.0. The van der Waals surface area contributed by atoms with Crippen LogP contribution >= 0.6 is 0 Å². The van der Waals surface area contributed by atoms with Gasteiger partial charge in [0.25, 0.3) is 11.6 Å². The average Bonchev–Trinajstić information content (AvgIpc) is 3.32. The number of benzene rings is 1. The molecule has 2 saturated heterocycles. The summed E-state index contributed by atoms with van der Waals surface area (Å²) >= 11 is 0. The lowest BCUT2D eigenvalue weighted by Gasteiger charge is -2.35. The Morgan fingerprint density at radius 2 is 1.88 bits per heavy atom. The summed E-state index contributed by atoms with van der Waals surface area (Å²) in [6.07, 6.45) is 2.40. The van der Waals surface area contributed by atoms with Gasteiger partial charge in [0, 0.05) is 32.2 Å². The Morgan fingerprint density at radius 1 is 1.12 bits per heavy atom. The van der Waals surface area contributed by atoms with E-state index in [0.29, 0.717) is 44.8 Å². The third-order valence-electron chi connectivity index (χ3n) is 6.62. The van der Waals surface area contributed by atoms with Crippen LogP contribution in [0.15, 0.2) is 42.6 Å². The van der Waals surface area contributed by atoms with Crippen molar-refractivity contribution in [3.05, 3.63) is 63.8 Å². The first kappa shape index (κ1) is 20.9. The van der Waals surface area contributed by atoms with Gasteiger partial charge >= 0.3 is 6.03 Å². The fraction of sp³-hybridized carbons (Fsp3) is 0.364. The summed E-state index contributed by atoms with van der Waals surface area (Å²) in [4.78, 5) is 57.8. The Hall–Kier alpha value is -4.02. The third-order valence-corrected chi connectivity index (χ3v) is 6.62. The minimum Gasteiger partial charge on any atom is -0.353 e. The monoisotopic (exact) mass is 450 g/mol. The summed E-state index contributed by atoms with van der Waals surface area (Å²) in [6.45, 7) is 1.48. The molecule has 3 aliphatic rings. The van der Waals surface area contributed by atoms with Gasteiger partial charge in [-0.25, -0.2) is 9.78 Å². The average molecular weight is 450 g/mol. The molecule has 0 saturated carbocycles. The fourth-order valence-corrected chi connectivity index (χ4v) is 4.83. The number of nitro groups is 1. The molecule has 2 aliphatic heterocycles. The lowest BCUT2D eigenvalue weighted by Crippen LogP contribution is -2.52. The number of anilines is 1. The van der Waals surface area contributed by atoms with E-state index in [-0.39, 0.29) is 24.0 Å². The van der Waals surface area contributed by atoms with Crippen LogP contribution in [0.5, 0.6) is 0 Å². The molecule has 1 aliphatic carbocycles. The van der Waals surface area contributed by atoms with Crippen molar-refractivity contribution in [3.63, 3.8) is 0 Å². The lowest BCUT2D eigenvalue weighted by molar-refractivity contribution is -0.385. The van der Waals surface area contributed by atoms with Crippen molar-refractivity contribution < 1.29 is 19.3 Å². The van der Waals surface area contributed by atoms with Crippen molar-refractivity contribution in [1.82, 2.24) is 20.1 Å². The molecular weight excluding hydrogens is 428 g/mol. The summed E-state index contributed by atoms with van der Waals surface area (Å²) in [5.41, 5.74) is 0.690. The number of hydrogen-bond acceptors (Lipinski definition) is 7. The zero-order valence-electron chi connectivity index (χ0n) is 17.8. The molecule has 2 aromatic rings. The number of imide groups is 1. The lowest BCUT2D eigenvalue weighted by atomic mass is 9.92. The molecule has 11 heteroatoms. The van der Waals surface area contributed by atoms with Crippen LogP contribution in [0.25, 0.3) is 0 Å². The van der Waals surface area contributed by atoms with Crippen LogP contribution in [0.4, 0.5) is 16.3 Å². The Bertz CT molecular complexity index is 1140. The van der Waals surface area contributed by atoms with Crippen LogP contribution in [0.2, 0.25) is 0 Å². The standard InChI is InChI=1S/C22H22N6O5/c29-19(26-11-9-25(10-12-26)18-6-5-16(13-23-18)28(32)33)14-27-20(30)22(24-21(27)31)8-7-15-3-1-2-4-17(15)22/h1-6,13H,7-12,14H2,(H,24,31). The van der Waals surface area contributed by atoms with Crippen molar-refractivity contribution >= 4 is 29.4 Å². The van der Waals surface area contributed by atoms with Crippen LogP contribution in [-0.4, -0.2) is 70.3 Å². The minimum absolute atomic E-state index is 0.0798. The second kappa shape index (κ2) is 7.84. The number of aryl methyl sites for hydroxylation is 1. The maximum atomic E-state index is 13.2. The van der Waals surface area contributed by atoms with E-state index in [2.05, 4.69) is 10.3 Å². The molecule has 1 spiro atoms. The Balaban J connectivity index is 1.22. The maximum absolute atomic E-state index is 13.2. The number of piperazine rings is 1. The number of carbonyl (C=O) groups is 3.